The highest BCUT2D eigenvalue weighted by Gasteiger charge is 2.19. The van der Waals surface area contributed by atoms with Crippen LogP contribution in [0.5, 0.6) is 0 Å². The van der Waals surface area contributed by atoms with Crippen LogP contribution in [-0.2, 0) is 28.6 Å². The van der Waals surface area contributed by atoms with Crippen LogP contribution in [0, 0.1) is 0 Å². The molecule has 6 nitrogen and oxygen atoms in total. The van der Waals surface area contributed by atoms with Gasteiger partial charge in [0.1, 0.15) is 13.2 Å². The van der Waals surface area contributed by atoms with Gasteiger partial charge in [-0.25, -0.2) is 0 Å². The maximum Gasteiger partial charge on any atom is 0.306 e. The van der Waals surface area contributed by atoms with Gasteiger partial charge in [-0.3, -0.25) is 14.4 Å². The Hall–Kier alpha value is -4.19. The quantitative estimate of drug-likeness (QED) is 0.0261. The Labute approximate surface area is 494 Å². The van der Waals surface area contributed by atoms with E-state index in [1.807, 2.05) is 0 Å². The lowest BCUT2D eigenvalue weighted by atomic mass is 10.0. The molecule has 0 aromatic heterocycles. The van der Waals surface area contributed by atoms with E-state index >= 15 is 0 Å². The Kier molecular flexibility index (Phi) is 63.8. The van der Waals surface area contributed by atoms with Gasteiger partial charge in [-0.2, -0.15) is 0 Å². The molecule has 0 amide bonds. The van der Waals surface area contributed by atoms with E-state index in [4.69, 9.17) is 14.2 Å². The van der Waals surface area contributed by atoms with Gasteiger partial charge < -0.3 is 14.2 Å². The average molecular weight is 1110 g/mol. The van der Waals surface area contributed by atoms with Crippen molar-refractivity contribution in [2.24, 2.45) is 0 Å². The number of unbranched alkanes of at least 4 members (excludes halogenated alkanes) is 29. The fraction of sp³-hybridized carbons (Fsp3) is 0.689. The van der Waals surface area contributed by atoms with Gasteiger partial charge in [-0.05, 0) is 116 Å². The van der Waals surface area contributed by atoms with Crippen molar-refractivity contribution in [1.82, 2.24) is 0 Å². The molecule has 0 bridgehead atoms. The van der Waals surface area contributed by atoms with Crippen LogP contribution in [0.15, 0.2) is 122 Å². The first-order valence-corrected chi connectivity index (χ1v) is 33.5. The Morgan fingerprint density at radius 3 is 0.775 bits per heavy atom. The molecule has 0 saturated carbocycles. The van der Waals surface area contributed by atoms with Crippen molar-refractivity contribution < 1.29 is 28.6 Å². The van der Waals surface area contributed by atoms with Crippen molar-refractivity contribution in [2.75, 3.05) is 13.2 Å². The third kappa shape index (κ3) is 64.6. The predicted molar refractivity (Wildman–Crippen MR) is 348 cm³/mol. The van der Waals surface area contributed by atoms with Crippen LogP contribution in [0.2, 0.25) is 0 Å². The van der Waals surface area contributed by atoms with Gasteiger partial charge in [0.05, 0.1) is 0 Å². The summed E-state index contributed by atoms with van der Waals surface area (Å²) < 4.78 is 16.9. The van der Waals surface area contributed by atoms with Crippen LogP contribution < -0.4 is 0 Å². The number of ether oxygens (including phenoxy) is 3. The fourth-order valence-electron chi connectivity index (χ4n) is 9.20. The van der Waals surface area contributed by atoms with Crippen molar-refractivity contribution >= 4 is 17.9 Å². The lowest BCUT2D eigenvalue weighted by molar-refractivity contribution is -0.167. The molecule has 0 aliphatic heterocycles. The second-order valence-corrected chi connectivity index (χ2v) is 22.0. The summed E-state index contributed by atoms with van der Waals surface area (Å²) in [6.07, 6.45) is 93.4. The molecule has 1 atom stereocenters. The van der Waals surface area contributed by atoms with E-state index < -0.39 is 6.10 Å². The minimum Gasteiger partial charge on any atom is -0.462 e. The zero-order valence-electron chi connectivity index (χ0n) is 52.3. The molecule has 1 unspecified atom stereocenters. The van der Waals surface area contributed by atoms with Crippen LogP contribution in [0.4, 0.5) is 0 Å². The van der Waals surface area contributed by atoms with Gasteiger partial charge in [0.15, 0.2) is 6.10 Å². The van der Waals surface area contributed by atoms with Gasteiger partial charge >= 0.3 is 17.9 Å². The zero-order valence-corrected chi connectivity index (χ0v) is 52.3. The second kappa shape index (κ2) is 67.3. The highest BCUT2D eigenvalue weighted by atomic mass is 16.6. The number of allylic oxidation sites excluding steroid dienone is 20. The van der Waals surface area contributed by atoms with E-state index in [0.29, 0.717) is 19.3 Å². The number of rotatable bonds is 60. The number of esters is 3. The maximum atomic E-state index is 12.9. The van der Waals surface area contributed by atoms with Crippen LogP contribution in [0.3, 0.4) is 0 Å². The van der Waals surface area contributed by atoms with Crippen LogP contribution in [-0.4, -0.2) is 37.2 Å². The molecule has 0 N–H and O–H groups in total. The molecular formula is C74H124O6. The lowest BCUT2D eigenvalue weighted by Gasteiger charge is -2.18. The summed E-state index contributed by atoms with van der Waals surface area (Å²) in [4.78, 5) is 38.4. The Morgan fingerprint density at radius 1 is 0.263 bits per heavy atom. The molecule has 0 radical (unpaired) electrons. The van der Waals surface area contributed by atoms with E-state index in [-0.39, 0.29) is 31.1 Å². The molecule has 0 spiro atoms. The summed E-state index contributed by atoms with van der Waals surface area (Å²) in [6, 6.07) is 0. The van der Waals surface area contributed by atoms with E-state index in [1.54, 1.807) is 0 Å². The Bertz CT molecular complexity index is 1650. The third-order valence-electron chi connectivity index (χ3n) is 14.2. The predicted octanol–water partition coefficient (Wildman–Crippen LogP) is 23.2. The largest absolute Gasteiger partial charge is 0.462 e. The van der Waals surface area contributed by atoms with E-state index in [9.17, 15) is 14.4 Å². The molecule has 0 saturated heterocycles. The molecule has 0 rings (SSSR count). The van der Waals surface area contributed by atoms with Crippen LogP contribution in [0.1, 0.15) is 310 Å². The zero-order chi connectivity index (χ0) is 57.8. The molecule has 80 heavy (non-hydrogen) atoms. The van der Waals surface area contributed by atoms with Gasteiger partial charge in [0, 0.05) is 19.3 Å². The molecule has 6 heteroatoms. The smallest absolute Gasteiger partial charge is 0.306 e. The first-order valence-electron chi connectivity index (χ1n) is 33.5. The van der Waals surface area contributed by atoms with Crippen molar-refractivity contribution in [3.63, 3.8) is 0 Å². The Morgan fingerprint density at radius 2 is 0.487 bits per heavy atom. The molecule has 0 fully saturated rings. The number of hydrogen-bond donors (Lipinski definition) is 0. The van der Waals surface area contributed by atoms with Gasteiger partial charge in [0.2, 0.25) is 0 Å². The van der Waals surface area contributed by atoms with Crippen molar-refractivity contribution in [3.8, 4) is 0 Å². The molecule has 0 aromatic carbocycles. The average Bonchev–Trinajstić information content (AvgIpc) is 3.46. The molecule has 0 aliphatic rings. The maximum absolute atomic E-state index is 12.9. The molecule has 0 aliphatic carbocycles. The lowest BCUT2D eigenvalue weighted by Crippen LogP contribution is -2.30. The standard InChI is InChI=1S/C74H124O6/c1-4-7-10-13-16-19-22-25-28-30-32-34-36-37-39-40-42-44-46-49-52-55-58-61-64-67-73(76)79-70-71(69-78-72(75)66-63-60-57-54-51-48-27-24-21-18-15-12-9-6-3)80-74(77)68-65-62-59-56-53-50-47-45-43-41-38-35-33-31-29-26-23-20-17-14-11-8-5-2/h7,10,16,19,23,25-26,28,31-34,37-39,41-42,44,49,52,71H,4-6,8-9,11-15,17-18,20-22,24,27,29-30,35-36,40,43,45-48,50-51,53-70H2,1-3H3/b10-7-,19-16-,26-23-,28-25-,33-31-,34-32-,39-37-,41-38-,44-42-,52-49-. The van der Waals surface area contributed by atoms with E-state index in [2.05, 4.69) is 142 Å². The van der Waals surface area contributed by atoms with Crippen LogP contribution in [0.25, 0.3) is 0 Å². The summed E-state index contributed by atoms with van der Waals surface area (Å²) in [7, 11) is 0. The summed E-state index contributed by atoms with van der Waals surface area (Å²) in [5.74, 6) is -0.925. The molecule has 0 aromatic rings. The topological polar surface area (TPSA) is 78.9 Å². The minimum atomic E-state index is -0.800. The number of hydrogen-bond acceptors (Lipinski definition) is 6. The highest BCUT2D eigenvalue weighted by Crippen LogP contribution is 2.16. The van der Waals surface area contributed by atoms with Gasteiger partial charge in [-0.15, -0.1) is 0 Å². The summed E-state index contributed by atoms with van der Waals surface area (Å²) in [5, 5.41) is 0. The normalized spacial score (nSPS) is 12.9. The van der Waals surface area contributed by atoms with Crippen molar-refractivity contribution in [2.45, 2.75) is 316 Å². The number of carbonyl (C=O) groups is 3. The first kappa shape index (κ1) is 75.8. The molecular weight excluding hydrogens is 985 g/mol. The molecule has 0 heterocycles. The van der Waals surface area contributed by atoms with E-state index in [1.165, 1.54) is 141 Å². The number of carbonyl (C=O) groups excluding carboxylic acids is 3. The van der Waals surface area contributed by atoms with Gasteiger partial charge in [-0.1, -0.05) is 296 Å². The highest BCUT2D eigenvalue weighted by molar-refractivity contribution is 5.71. The SMILES string of the molecule is CC/C=C\C/C=C\C/C=C\C/C=C\C/C=C\C/C=C\C/C=C\CCCCCC(=O)OCC(COC(=O)CCCCCCCCCCCCCCCC)OC(=O)CCCCCCCCCC/C=C\C/C=C\C/C=C\CCCCCCC. The minimum absolute atomic E-state index is 0.0918. The van der Waals surface area contributed by atoms with E-state index in [0.717, 1.165) is 128 Å². The second-order valence-electron chi connectivity index (χ2n) is 22.0. The summed E-state index contributed by atoms with van der Waals surface area (Å²) >= 11 is 0. The first-order chi connectivity index (χ1) is 39.5. The third-order valence-corrected chi connectivity index (χ3v) is 14.2. The van der Waals surface area contributed by atoms with Crippen LogP contribution >= 0.6 is 0 Å². The van der Waals surface area contributed by atoms with Crippen molar-refractivity contribution in [1.29, 1.82) is 0 Å². The van der Waals surface area contributed by atoms with Crippen molar-refractivity contribution in [3.05, 3.63) is 122 Å². The van der Waals surface area contributed by atoms with Gasteiger partial charge in [0.25, 0.3) is 0 Å². The molecule has 456 valence electrons. The Balaban J connectivity index is 4.44. The summed E-state index contributed by atoms with van der Waals surface area (Å²) in [5.41, 5.74) is 0. The summed E-state index contributed by atoms with van der Waals surface area (Å²) in [6.45, 7) is 6.50. The monoisotopic (exact) mass is 1110 g/mol. The fourth-order valence-corrected chi connectivity index (χ4v) is 9.20.